The van der Waals surface area contributed by atoms with Gasteiger partial charge in [0.05, 0.1) is 19.8 Å². The van der Waals surface area contributed by atoms with Crippen LogP contribution < -0.4 is 26.1 Å². The molecule has 1 aromatic heterocycles. The maximum atomic E-state index is 12.7. The molecular formula is C21H19F3N4O4S. The van der Waals surface area contributed by atoms with E-state index in [2.05, 4.69) is 15.3 Å². The van der Waals surface area contributed by atoms with Crippen LogP contribution in [0.15, 0.2) is 52.4 Å². The van der Waals surface area contributed by atoms with E-state index < -0.39 is 23.2 Å². The molecule has 8 nitrogen and oxygen atoms in total. The average molecular weight is 480 g/mol. The predicted molar refractivity (Wildman–Crippen MR) is 118 cm³/mol. The Morgan fingerprint density at radius 3 is 2.36 bits per heavy atom. The van der Waals surface area contributed by atoms with Crippen LogP contribution in [0, 0.1) is 0 Å². The number of halogens is 3. The molecule has 1 heterocycles. The van der Waals surface area contributed by atoms with E-state index in [0.717, 1.165) is 23.9 Å². The van der Waals surface area contributed by atoms with Crippen molar-refractivity contribution >= 4 is 29.2 Å². The van der Waals surface area contributed by atoms with E-state index in [0.29, 0.717) is 17.1 Å². The molecule has 0 bridgehead atoms. The Balaban J connectivity index is 1.71. The molecule has 0 unspecified atom stereocenters. The van der Waals surface area contributed by atoms with Crippen LogP contribution in [-0.4, -0.2) is 30.1 Å². The summed E-state index contributed by atoms with van der Waals surface area (Å²) in [5.74, 6) is 0.197. The van der Waals surface area contributed by atoms with E-state index in [9.17, 15) is 22.8 Å². The molecule has 3 rings (SSSR count). The summed E-state index contributed by atoms with van der Waals surface area (Å²) in [4.78, 5) is 31.6. The maximum absolute atomic E-state index is 12.7. The van der Waals surface area contributed by atoms with E-state index in [1.54, 1.807) is 6.07 Å². The van der Waals surface area contributed by atoms with Gasteiger partial charge in [-0.05, 0) is 35.9 Å². The number of alkyl halides is 3. The largest absolute Gasteiger partial charge is 0.493 e. The highest BCUT2D eigenvalue weighted by Crippen LogP contribution is 2.30. The van der Waals surface area contributed by atoms with Crippen molar-refractivity contribution in [3.8, 4) is 11.5 Å². The number of rotatable bonds is 7. The van der Waals surface area contributed by atoms with Gasteiger partial charge in [0, 0.05) is 11.3 Å². The smallest absolute Gasteiger partial charge is 0.416 e. The molecule has 3 aromatic rings. The minimum absolute atomic E-state index is 0.154. The normalized spacial score (nSPS) is 11.2. The summed E-state index contributed by atoms with van der Waals surface area (Å²) >= 11 is 1.08. The third-order valence-electron chi connectivity index (χ3n) is 4.47. The molecule has 1 amide bonds. The van der Waals surface area contributed by atoms with E-state index in [1.165, 1.54) is 38.5 Å². The summed E-state index contributed by atoms with van der Waals surface area (Å²) in [5, 5.41) is 2.58. The molecule has 12 heteroatoms. The molecule has 0 atom stereocenters. The molecule has 0 spiro atoms. The number of methoxy groups -OCH3 is 2. The van der Waals surface area contributed by atoms with Crippen LogP contribution in [0.25, 0.3) is 0 Å². The Bertz CT molecular complexity index is 1210. The SMILES string of the molecule is COc1ccc(C(=O)Nc2c(N)nc(SCc3ccc(C(F)(F)F)cc3)[nH]c2=O)cc1OC. The quantitative estimate of drug-likeness (QED) is 0.346. The van der Waals surface area contributed by atoms with E-state index in [4.69, 9.17) is 15.2 Å². The van der Waals surface area contributed by atoms with E-state index in [1.807, 2.05) is 0 Å². The lowest BCUT2D eigenvalue weighted by molar-refractivity contribution is -0.137. The second-order valence-corrected chi connectivity index (χ2v) is 7.60. The molecule has 0 radical (unpaired) electrons. The number of nitrogens with zero attached hydrogens (tertiary/aromatic N) is 1. The van der Waals surface area contributed by atoms with Crippen molar-refractivity contribution in [1.29, 1.82) is 0 Å². The van der Waals surface area contributed by atoms with Crippen molar-refractivity contribution in [3.63, 3.8) is 0 Å². The first-order valence-corrected chi connectivity index (χ1v) is 10.3. The molecule has 0 aliphatic carbocycles. The molecule has 0 aliphatic heterocycles. The topological polar surface area (TPSA) is 119 Å². The minimum atomic E-state index is -4.41. The van der Waals surface area contributed by atoms with Crippen LogP contribution in [0.5, 0.6) is 11.5 Å². The summed E-state index contributed by atoms with van der Waals surface area (Å²) in [7, 11) is 2.88. The number of anilines is 2. The number of thioether (sulfide) groups is 1. The van der Waals surface area contributed by atoms with Crippen LogP contribution in [0.1, 0.15) is 21.5 Å². The highest BCUT2D eigenvalue weighted by atomic mass is 32.2. The number of ether oxygens (including phenoxy) is 2. The lowest BCUT2D eigenvalue weighted by atomic mass is 10.1. The number of nitrogen functional groups attached to an aromatic ring is 1. The number of H-pyrrole nitrogens is 1. The van der Waals surface area contributed by atoms with Gasteiger partial charge in [0.25, 0.3) is 11.5 Å². The van der Waals surface area contributed by atoms with Crippen LogP contribution >= 0.6 is 11.8 Å². The number of carbonyl (C=O) groups excluding carboxylic acids is 1. The van der Waals surface area contributed by atoms with Gasteiger partial charge in [-0.3, -0.25) is 14.6 Å². The van der Waals surface area contributed by atoms with Crippen molar-refractivity contribution in [2.75, 3.05) is 25.3 Å². The van der Waals surface area contributed by atoms with Gasteiger partial charge in [-0.2, -0.15) is 13.2 Å². The number of amides is 1. The number of hydrogen-bond donors (Lipinski definition) is 3. The maximum Gasteiger partial charge on any atom is 0.416 e. The zero-order valence-corrected chi connectivity index (χ0v) is 18.3. The highest BCUT2D eigenvalue weighted by Gasteiger charge is 2.29. The first-order chi connectivity index (χ1) is 15.6. The molecule has 4 N–H and O–H groups in total. The van der Waals surface area contributed by atoms with E-state index >= 15 is 0 Å². The number of benzene rings is 2. The molecular weight excluding hydrogens is 461 g/mol. The fraction of sp³-hybridized carbons (Fsp3) is 0.190. The standard InChI is InChI=1S/C21H19F3N4O4S/c1-31-14-8-5-12(9-15(14)32-2)18(29)26-16-17(25)27-20(28-19(16)30)33-10-11-3-6-13(7-4-11)21(22,23)24/h3-9H,10H2,1-2H3,(H,26,29)(H3,25,27,28,30). The molecule has 174 valence electrons. The summed E-state index contributed by atoms with van der Waals surface area (Å²) in [6, 6.07) is 9.12. The van der Waals surface area contributed by atoms with Crippen LogP contribution in [0.4, 0.5) is 24.7 Å². The van der Waals surface area contributed by atoms with Crippen LogP contribution in [-0.2, 0) is 11.9 Å². The third kappa shape index (κ3) is 5.77. The molecule has 2 aromatic carbocycles. The second-order valence-electron chi connectivity index (χ2n) is 6.64. The molecule has 0 fully saturated rings. The highest BCUT2D eigenvalue weighted by molar-refractivity contribution is 7.98. The lowest BCUT2D eigenvalue weighted by Gasteiger charge is -2.11. The second kappa shape index (κ2) is 9.86. The predicted octanol–water partition coefficient (Wildman–Crippen LogP) is 3.93. The summed E-state index contributed by atoms with van der Waals surface area (Å²) in [6.45, 7) is 0. The number of aromatic nitrogens is 2. The summed E-state index contributed by atoms with van der Waals surface area (Å²) in [5.41, 5.74) is 5.01. The fourth-order valence-electron chi connectivity index (χ4n) is 2.76. The number of nitrogens with two attached hydrogens (primary N) is 1. The van der Waals surface area contributed by atoms with E-state index in [-0.39, 0.29) is 28.0 Å². The van der Waals surface area contributed by atoms with Gasteiger partial charge in [0.1, 0.15) is 5.69 Å². The zero-order valence-electron chi connectivity index (χ0n) is 17.4. The van der Waals surface area contributed by atoms with Crippen molar-refractivity contribution in [3.05, 3.63) is 69.5 Å². The number of aromatic amines is 1. The Kier molecular flexibility index (Phi) is 7.16. The number of hydrogen-bond acceptors (Lipinski definition) is 7. The first kappa shape index (κ1) is 24.0. The molecule has 0 saturated carbocycles. The van der Waals surface area contributed by atoms with Gasteiger partial charge < -0.3 is 20.5 Å². The first-order valence-electron chi connectivity index (χ1n) is 9.34. The van der Waals surface area contributed by atoms with Gasteiger partial charge in [0.15, 0.2) is 22.5 Å². The van der Waals surface area contributed by atoms with Gasteiger partial charge in [-0.25, -0.2) is 4.98 Å². The number of carbonyl (C=O) groups is 1. The fourth-order valence-corrected chi connectivity index (χ4v) is 3.59. The Morgan fingerprint density at radius 2 is 1.79 bits per heavy atom. The van der Waals surface area contributed by atoms with Crippen molar-refractivity contribution in [2.45, 2.75) is 17.1 Å². The number of nitrogens with one attached hydrogen (secondary N) is 2. The van der Waals surface area contributed by atoms with Gasteiger partial charge >= 0.3 is 6.18 Å². The van der Waals surface area contributed by atoms with Crippen LogP contribution in [0.3, 0.4) is 0 Å². The van der Waals surface area contributed by atoms with Gasteiger partial charge in [-0.1, -0.05) is 23.9 Å². The van der Waals surface area contributed by atoms with Crippen LogP contribution in [0.2, 0.25) is 0 Å². The van der Waals surface area contributed by atoms with Gasteiger partial charge in [-0.15, -0.1) is 0 Å². The molecule has 0 aliphatic rings. The average Bonchev–Trinajstić information content (AvgIpc) is 2.79. The lowest BCUT2D eigenvalue weighted by Crippen LogP contribution is -2.23. The minimum Gasteiger partial charge on any atom is -0.493 e. The molecule has 33 heavy (non-hydrogen) atoms. The summed E-state index contributed by atoms with van der Waals surface area (Å²) in [6.07, 6.45) is -4.41. The zero-order chi connectivity index (χ0) is 24.2. The van der Waals surface area contributed by atoms with Crippen molar-refractivity contribution in [2.24, 2.45) is 0 Å². The Hall–Kier alpha value is -3.67. The Labute approximate surface area is 190 Å². The van der Waals surface area contributed by atoms with Gasteiger partial charge in [0.2, 0.25) is 0 Å². The van der Waals surface area contributed by atoms with Crippen molar-refractivity contribution < 1.29 is 27.4 Å². The summed E-state index contributed by atoms with van der Waals surface area (Å²) < 4.78 is 48.3. The third-order valence-corrected chi connectivity index (χ3v) is 5.41. The Morgan fingerprint density at radius 1 is 1.12 bits per heavy atom. The molecule has 0 saturated heterocycles. The monoisotopic (exact) mass is 480 g/mol. The van der Waals surface area contributed by atoms with Crippen molar-refractivity contribution in [1.82, 2.24) is 9.97 Å².